The highest BCUT2D eigenvalue weighted by atomic mass is 32.2. The molecule has 4 heteroatoms. The highest BCUT2D eigenvalue weighted by molar-refractivity contribution is 7.93. The third-order valence-electron chi connectivity index (χ3n) is 6.81. The standard InChI is InChI=1S/C26H23NO2S/c28-30(29)21-6-5-7-22(30)17-19(16-21)18-12-14-20(15-13-18)27-25-10-3-1-8-23(25)24-9-2-4-11-26(24)27/h1-4,8-16,21-22H,5-7,17H2. The van der Waals surface area contributed by atoms with Crippen molar-refractivity contribution in [1.29, 1.82) is 0 Å². The Labute approximate surface area is 176 Å². The summed E-state index contributed by atoms with van der Waals surface area (Å²) in [4.78, 5) is 0. The van der Waals surface area contributed by atoms with Gasteiger partial charge in [-0.05, 0) is 54.7 Å². The van der Waals surface area contributed by atoms with Crippen LogP contribution in [0.3, 0.4) is 0 Å². The molecule has 2 bridgehead atoms. The molecule has 0 aliphatic carbocycles. The lowest BCUT2D eigenvalue weighted by molar-refractivity contribution is 0.518. The van der Waals surface area contributed by atoms with Crippen molar-refractivity contribution >= 4 is 37.2 Å². The van der Waals surface area contributed by atoms with E-state index in [-0.39, 0.29) is 10.5 Å². The molecular formula is C26H23NO2S. The van der Waals surface area contributed by atoms with Gasteiger partial charge in [-0.25, -0.2) is 8.42 Å². The van der Waals surface area contributed by atoms with E-state index in [0.29, 0.717) is 6.42 Å². The van der Waals surface area contributed by atoms with Gasteiger partial charge in [-0.1, -0.05) is 61.0 Å². The van der Waals surface area contributed by atoms with Crippen LogP contribution in [0.5, 0.6) is 0 Å². The van der Waals surface area contributed by atoms with Crippen molar-refractivity contribution in [3.05, 3.63) is 84.4 Å². The summed E-state index contributed by atoms with van der Waals surface area (Å²) in [6.45, 7) is 0. The fourth-order valence-electron chi connectivity index (χ4n) is 5.30. The first-order valence-corrected chi connectivity index (χ1v) is 12.3. The van der Waals surface area contributed by atoms with Gasteiger partial charge in [0.05, 0.1) is 21.5 Å². The third-order valence-corrected chi connectivity index (χ3v) is 9.36. The zero-order valence-corrected chi connectivity index (χ0v) is 17.5. The van der Waals surface area contributed by atoms with Crippen LogP contribution >= 0.6 is 0 Å². The van der Waals surface area contributed by atoms with Crippen molar-refractivity contribution in [1.82, 2.24) is 4.57 Å². The minimum absolute atomic E-state index is 0.201. The van der Waals surface area contributed by atoms with Crippen LogP contribution in [0.2, 0.25) is 0 Å². The molecule has 150 valence electrons. The molecule has 0 spiro atoms. The monoisotopic (exact) mass is 413 g/mol. The van der Waals surface area contributed by atoms with Crippen molar-refractivity contribution in [2.75, 3.05) is 0 Å². The molecule has 2 aliphatic rings. The number of hydrogen-bond acceptors (Lipinski definition) is 2. The first-order chi connectivity index (χ1) is 14.6. The minimum Gasteiger partial charge on any atom is -0.309 e. The second-order valence-corrected chi connectivity index (χ2v) is 10.9. The second-order valence-electron chi connectivity index (χ2n) is 8.49. The Morgan fingerprint density at radius 1 is 0.767 bits per heavy atom. The molecule has 0 radical (unpaired) electrons. The zero-order chi connectivity index (χ0) is 20.3. The van der Waals surface area contributed by atoms with E-state index < -0.39 is 9.84 Å². The molecular weight excluding hydrogens is 390 g/mol. The molecule has 30 heavy (non-hydrogen) atoms. The van der Waals surface area contributed by atoms with Crippen LogP contribution in [0.1, 0.15) is 31.2 Å². The number of rotatable bonds is 2. The number of benzene rings is 3. The summed E-state index contributed by atoms with van der Waals surface area (Å²) in [5, 5.41) is 2.01. The Hall–Kier alpha value is -2.85. The van der Waals surface area contributed by atoms with Crippen LogP contribution in [-0.2, 0) is 9.84 Å². The van der Waals surface area contributed by atoms with Gasteiger partial charge >= 0.3 is 0 Å². The molecule has 1 fully saturated rings. The number of nitrogens with zero attached hydrogens (tertiary/aromatic N) is 1. The van der Waals surface area contributed by atoms with E-state index in [0.717, 1.165) is 30.5 Å². The summed E-state index contributed by atoms with van der Waals surface area (Å²) in [7, 11) is -2.98. The Kier molecular flexibility index (Phi) is 3.94. The van der Waals surface area contributed by atoms with Crippen LogP contribution < -0.4 is 0 Å². The molecule has 1 saturated heterocycles. The van der Waals surface area contributed by atoms with E-state index >= 15 is 0 Å². The average Bonchev–Trinajstić information content (AvgIpc) is 3.08. The smallest absolute Gasteiger partial charge is 0.159 e. The van der Waals surface area contributed by atoms with Crippen LogP contribution in [0.15, 0.2) is 78.9 Å². The maximum absolute atomic E-state index is 12.6. The maximum atomic E-state index is 12.6. The molecule has 3 nitrogen and oxygen atoms in total. The number of fused-ring (bicyclic) bond motifs is 5. The van der Waals surface area contributed by atoms with E-state index in [1.165, 1.54) is 27.4 Å². The molecule has 3 heterocycles. The Morgan fingerprint density at radius 3 is 2.03 bits per heavy atom. The van der Waals surface area contributed by atoms with Crippen molar-refractivity contribution in [2.24, 2.45) is 0 Å². The van der Waals surface area contributed by atoms with Crippen LogP contribution in [0.4, 0.5) is 0 Å². The highest BCUT2D eigenvalue weighted by Crippen LogP contribution is 2.39. The van der Waals surface area contributed by atoms with Crippen LogP contribution in [-0.4, -0.2) is 23.5 Å². The molecule has 0 amide bonds. The number of aromatic nitrogens is 1. The largest absolute Gasteiger partial charge is 0.309 e. The van der Waals surface area contributed by atoms with Crippen molar-refractivity contribution in [2.45, 2.75) is 36.2 Å². The van der Waals surface area contributed by atoms with E-state index in [4.69, 9.17) is 0 Å². The lowest BCUT2D eigenvalue weighted by Crippen LogP contribution is -2.38. The predicted octanol–water partition coefficient (Wildman–Crippen LogP) is 5.91. The quantitative estimate of drug-likeness (QED) is 0.410. The number of allylic oxidation sites excluding steroid dienone is 1. The minimum atomic E-state index is -2.98. The summed E-state index contributed by atoms with van der Waals surface area (Å²) in [6.07, 6.45) is 5.25. The van der Waals surface area contributed by atoms with E-state index in [1.807, 2.05) is 6.08 Å². The molecule has 4 aromatic rings. The van der Waals surface area contributed by atoms with E-state index in [1.54, 1.807) is 0 Å². The fraction of sp³-hybridized carbons (Fsp3) is 0.231. The fourth-order valence-corrected chi connectivity index (χ4v) is 7.55. The van der Waals surface area contributed by atoms with Gasteiger partial charge in [-0.15, -0.1) is 0 Å². The summed E-state index contributed by atoms with van der Waals surface area (Å²) in [5.74, 6) is 0. The second kappa shape index (κ2) is 6.58. The van der Waals surface area contributed by atoms with Gasteiger partial charge in [0.15, 0.2) is 9.84 Å². The van der Waals surface area contributed by atoms with Crippen molar-refractivity contribution in [3.63, 3.8) is 0 Å². The van der Waals surface area contributed by atoms with Crippen molar-refractivity contribution in [3.8, 4) is 5.69 Å². The SMILES string of the molecule is O=S1(=O)C2C=C(c3ccc(-n4c5ccccc5c5ccccc54)cc3)CC1CCC2. The molecule has 2 atom stereocenters. The predicted molar refractivity (Wildman–Crippen MR) is 124 cm³/mol. The first-order valence-electron chi connectivity index (χ1n) is 10.7. The average molecular weight is 414 g/mol. The Balaban J connectivity index is 1.45. The van der Waals surface area contributed by atoms with Gasteiger partial charge in [-0.2, -0.15) is 0 Å². The zero-order valence-electron chi connectivity index (χ0n) is 16.7. The normalized spacial score (nSPS) is 22.9. The summed E-state index contributed by atoms with van der Waals surface area (Å²) in [5.41, 5.74) is 5.85. The van der Waals surface area contributed by atoms with Gasteiger partial charge in [0.1, 0.15) is 0 Å². The molecule has 1 aromatic heterocycles. The van der Waals surface area contributed by atoms with Crippen LogP contribution in [0, 0.1) is 0 Å². The molecule has 3 aromatic carbocycles. The number of hydrogen-bond donors (Lipinski definition) is 0. The van der Waals surface area contributed by atoms with Gasteiger partial charge in [-0.3, -0.25) is 0 Å². The topological polar surface area (TPSA) is 39.1 Å². The maximum Gasteiger partial charge on any atom is 0.159 e. The number of sulfone groups is 1. The van der Waals surface area contributed by atoms with Gasteiger partial charge in [0.2, 0.25) is 0 Å². The van der Waals surface area contributed by atoms with Crippen LogP contribution in [0.25, 0.3) is 33.1 Å². The van der Waals surface area contributed by atoms with Gasteiger partial charge in [0, 0.05) is 16.5 Å². The lowest BCUT2D eigenvalue weighted by atomic mass is 9.93. The Morgan fingerprint density at radius 2 is 1.40 bits per heavy atom. The molecule has 2 aliphatic heterocycles. The first kappa shape index (κ1) is 18.0. The van der Waals surface area contributed by atoms with Crippen molar-refractivity contribution < 1.29 is 8.42 Å². The van der Waals surface area contributed by atoms with Gasteiger partial charge in [0.25, 0.3) is 0 Å². The molecule has 0 saturated carbocycles. The van der Waals surface area contributed by atoms with E-state index in [9.17, 15) is 8.42 Å². The molecule has 0 N–H and O–H groups in total. The Bertz CT molecular complexity index is 1360. The lowest BCUT2D eigenvalue weighted by Gasteiger charge is -2.33. The number of para-hydroxylation sites is 2. The van der Waals surface area contributed by atoms with E-state index in [2.05, 4.69) is 77.4 Å². The summed E-state index contributed by atoms with van der Waals surface area (Å²) >= 11 is 0. The third kappa shape index (κ3) is 2.60. The molecule has 2 unspecified atom stereocenters. The van der Waals surface area contributed by atoms with Gasteiger partial charge < -0.3 is 4.57 Å². The summed E-state index contributed by atoms with van der Waals surface area (Å²) in [6, 6.07) is 25.6. The molecule has 6 rings (SSSR count). The highest BCUT2D eigenvalue weighted by Gasteiger charge is 2.40. The summed E-state index contributed by atoms with van der Waals surface area (Å²) < 4.78 is 27.5.